The summed E-state index contributed by atoms with van der Waals surface area (Å²) in [5.41, 5.74) is -0.133. The first-order chi connectivity index (χ1) is 13.0. The van der Waals surface area contributed by atoms with Crippen LogP contribution in [0.1, 0.15) is 23.0 Å². The summed E-state index contributed by atoms with van der Waals surface area (Å²) in [6.45, 7) is 2.03. The maximum absolute atomic E-state index is 12.3. The summed E-state index contributed by atoms with van der Waals surface area (Å²) in [5, 5.41) is 14.6. The Kier molecular flexibility index (Phi) is 5.16. The van der Waals surface area contributed by atoms with E-state index in [9.17, 15) is 19.7 Å². The normalized spacial score (nSPS) is 10.6. The van der Waals surface area contributed by atoms with Gasteiger partial charge in [-0.15, -0.1) is 0 Å². The largest absolute Gasteiger partial charge is 0.460 e. The van der Waals surface area contributed by atoms with Gasteiger partial charge in [-0.05, 0) is 24.6 Å². The van der Waals surface area contributed by atoms with Crippen LogP contribution in [0.3, 0.4) is 0 Å². The highest BCUT2D eigenvalue weighted by molar-refractivity contribution is 5.94. The molecule has 0 spiro atoms. The molecule has 2 aromatic carbocycles. The number of hydrogen-bond acceptors (Lipinski definition) is 7. The zero-order valence-electron chi connectivity index (χ0n) is 14.4. The lowest BCUT2D eigenvalue weighted by Crippen LogP contribution is -2.11. The summed E-state index contributed by atoms with van der Waals surface area (Å²) < 4.78 is 10.2. The highest BCUT2D eigenvalue weighted by Gasteiger charge is 2.24. The maximum atomic E-state index is 12.3. The van der Waals surface area contributed by atoms with Gasteiger partial charge in [-0.1, -0.05) is 30.3 Å². The van der Waals surface area contributed by atoms with Crippen molar-refractivity contribution in [1.82, 2.24) is 0 Å². The van der Waals surface area contributed by atoms with Crippen LogP contribution in [0.25, 0.3) is 11.0 Å². The summed E-state index contributed by atoms with van der Waals surface area (Å²) in [4.78, 5) is 35.1. The number of nitro benzene ring substituents is 1. The van der Waals surface area contributed by atoms with Gasteiger partial charge in [0.15, 0.2) is 5.43 Å². The quantitative estimate of drug-likeness (QED) is 0.403. The predicted molar refractivity (Wildman–Crippen MR) is 98.9 cm³/mol. The fourth-order valence-electron chi connectivity index (χ4n) is 2.62. The van der Waals surface area contributed by atoms with Crippen LogP contribution in [-0.2, 0) is 11.3 Å². The average Bonchev–Trinajstić information content (AvgIpc) is 2.66. The highest BCUT2D eigenvalue weighted by atomic mass is 16.6. The van der Waals surface area contributed by atoms with Gasteiger partial charge in [0.25, 0.3) is 0 Å². The van der Waals surface area contributed by atoms with Gasteiger partial charge in [-0.2, -0.15) is 0 Å². The first-order valence-electron chi connectivity index (χ1n) is 8.21. The Morgan fingerprint density at radius 2 is 1.96 bits per heavy atom. The number of anilines is 1. The van der Waals surface area contributed by atoms with Crippen LogP contribution in [0.15, 0.2) is 57.7 Å². The first kappa shape index (κ1) is 18.1. The Morgan fingerprint density at radius 3 is 2.63 bits per heavy atom. The second-order valence-corrected chi connectivity index (χ2v) is 5.63. The molecule has 0 amide bonds. The Bertz CT molecular complexity index is 1060. The molecule has 3 aromatic rings. The third-order valence-corrected chi connectivity index (χ3v) is 3.86. The third-order valence-electron chi connectivity index (χ3n) is 3.86. The molecule has 0 unspecified atom stereocenters. The summed E-state index contributed by atoms with van der Waals surface area (Å²) >= 11 is 0. The van der Waals surface area contributed by atoms with E-state index in [2.05, 4.69) is 5.32 Å². The first-order valence-corrected chi connectivity index (χ1v) is 8.21. The number of nitro groups is 1. The maximum Gasteiger partial charge on any atom is 0.374 e. The van der Waals surface area contributed by atoms with E-state index >= 15 is 0 Å². The van der Waals surface area contributed by atoms with Crippen molar-refractivity contribution >= 4 is 28.3 Å². The Morgan fingerprint density at radius 1 is 1.22 bits per heavy atom. The molecule has 0 atom stereocenters. The second kappa shape index (κ2) is 7.69. The molecule has 27 heavy (non-hydrogen) atoms. The van der Waals surface area contributed by atoms with Gasteiger partial charge in [-0.3, -0.25) is 14.9 Å². The fraction of sp³-hybridized carbons (Fsp3) is 0.158. The molecule has 1 heterocycles. The van der Waals surface area contributed by atoms with Crippen molar-refractivity contribution in [2.75, 3.05) is 11.9 Å². The molecule has 0 bridgehead atoms. The number of benzene rings is 2. The van der Waals surface area contributed by atoms with Crippen LogP contribution in [0.5, 0.6) is 0 Å². The van der Waals surface area contributed by atoms with Gasteiger partial charge >= 0.3 is 11.7 Å². The van der Waals surface area contributed by atoms with Crippen molar-refractivity contribution < 1.29 is 18.9 Å². The SMILES string of the molecule is CCOC(=O)c1cc(=O)c2ccc(NCc3ccccc3)c([N+](=O)[O-])c2o1. The van der Waals surface area contributed by atoms with Gasteiger partial charge in [0.1, 0.15) is 5.69 Å². The molecule has 0 saturated carbocycles. The zero-order chi connectivity index (χ0) is 19.4. The summed E-state index contributed by atoms with van der Waals surface area (Å²) in [6.07, 6.45) is 0. The van der Waals surface area contributed by atoms with Gasteiger partial charge < -0.3 is 14.5 Å². The standard InChI is InChI=1S/C19H16N2O6/c1-2-26-19(23)16-10-15(22)13-8-9-14(17(21(24)25)18(13)27-16)20-11-12-6-4-3-5-7-12/h3-10,20H,2,11H2,1H3. The molecule has 138 valence electrons. The summed E-state index contributed by atoms with van der Waals surface area (Å²) in [6, 6.07) is 13.2. The number of nitrogens with zero attached hydrogens (tertiary/aromatic N) is 1. The monoisotopic (exact) mass is 368 g/mol. The number of nitrogens with one attached hydrogen (secondary N) is 1. The molecule has 3 rings (SSSR count). The fourth-order valence-corrected chi connectivity index (χ4v) is 2.62. The number of rotatable bonds is 6. The number of esters is 1. The van der Waals surface area contributed by atoms with Crippen molar-refractivity contribution in [3.8, 4) is 0 Å². The Labute approximate surface area is 153 Å². The molecule has 0 radical (unpaired) electrons. The predicted octanol–water partition coefficient (Wildman–Crippen LogP) is 3.49. The van der Waals surface area contributed by atoms with Gasteiger partial charge in [0.05, 0.1) is 16.9 Å². The average molecular weight is 368 g/mol. The number of hydrogen-bond donors (Lipinski definition) is 1. The molecule has 0 saturated heterocycles. The molecular weight excluding hydrogens is 352 g/mol. The second-order valence-electron chi connectivity index (χ2n) is 5.63. The molecule has 1 N–H and O–H groups in total. The zero-order valence-corrected chi connectivity index (χ0v) is 14.4. The molecule has 0 aliphatic carbocycles. The number of ether oxygens (including phenoxy) is 1. The van der Waals surface area contributed by atoms with Crippen LogP contribution in [0.2, 0.25) is 0 Å². The molecule has 0 aliphatic heterocycles. The lowest BCUT2D eigenvalue weighted by Gasteiger charge is -2.09. The van der Waals surface area contributed by atoms with E-state index in [1.54, 1.807) is 6.92 Å². The third kappa shape index (κ3) is 3.79. The van der Waals surface area contributed by atoms with Crippen LogP contribution >= 0.6 is 0 Å². The van der Waals surface area contributed by atoms with Gasteiger partial charge in [-0.25, -0.2) is 4.79 Å². The number of carbonyl (C=O) groups excluding carboxylic acids is 1. The minimum absolute atomic E-state index is 0.0139. The van der Waals surface area contributed by atoms with Crippen molar-refractivity contribution in [2.45, 2.75) is 13.5 Å². The van der Waals surface area contributed by atoms with Crippen molar-refractivity contribution in [2.24, 2.45) is 0 Å². The van der Waals surface area contributed by atoms with E-state index < -0.39 is 22.0 Å². The Hall–Kier alpha value is -3.68. The van der Waals surface area contributed by atoms with Crippen molar-refractivity contribution in [1.29, 1.82) is 0 Å². The molecule has 1 aromatic heterocycles. The summed E-state index contributed by atoms with van der Waals surface area (Å²) in [7, 11) is 0. The summed E-state index contributed by atoms with van der Waals surface area (Å²) in [5.74, 6) is -1.23. The molecule has 0 fully saturated rings. The van der Waals surface area contributed by atoms with E-state index in [1.165, 1.54) is 12.1 Å². The Balaban J connectivity index is 2.09. The van der Waals surface area contributed by atoms with Crippen molar-refractivity contribution in [3.05, 3.63) is 80.2 Å². The van der Waals surface area contributed by atoms with E-state index in [-0.39, 0.29) is 29.0 Å². The molecule has 8 nitrogen and oxygen atoms in total. The minimum Gasteiger partial charge on any atom is -0.460 e. The van der Waals surface area contributed by atoms with Crippen LogP contribution in [0.4, 0.5) is 11.4 Å². The van der Waals surface area contributed by atoms with Crippen LogP contribution in [-0.4, -0.2) is 17.5 Å². The van der Waals surface area contributed by atoms with Gasteiger partial charge in [0, 0.05) is 12.6 Å². The van der Waals surface area contributed by atoms with Crippen molar-refractivity contribution in [3.63, 3.8) is 0 Å². The molecule has 0 aliphatic rings. The molecule has 8 heteroatoms. The van der Waals surface area contributed by atoms with E-state index in [4.69, 9.17) is 9.15 Å². The van der Waals surface area contributed by atoms with E-state index in [0.717, 1.165) is 11.6 Å². The van der Waals surface area contributed by atoms with E-state index in [1.807, 2.05) is 30.3 Å². The highest BCUT2D eigenvalue weighted by Crippen LogP contribution is 2.33. The number of carbonyl (C=O) groups is 1. The lowest BCUT2D eigenvalue weighted by atomic mass is 10.1. The lowest BCUT2D eigenvalue weighted by molar-refractivity contribution is -0.382. The van der Waals surface area contributed by atoms with E-state index in [0.29, 0.717) is 6.54 Å². The minimum atomic E-state index is -0.853. The molecular formula is C19H16N2O6. The smallest absolute Gasteiger partial charge is 0.374 e. The van der Waals surface area contributed by atoms with Gasteiger partial charge in [0.2, 0.25) is 11.3 Å². The van der Waals surface area contributed by atoms with Crippen LogP contribution in [0, 0.1) is 10.1 Å². The number of fused-ring (bicyclic) bond motifs is 1. The topological polar surface area (TPSA) is 112 Å². The van der Waals surface area contributed by atoms with Crippen LogP contribution < -0.4 is 10.7 Å².